The van der Waals surface area contributed by atoms with Gasteiger partial charge in [0.2, 0.25) is 5.91 Å². The van der Waals surface area contributed by atoms with Gasteiger partial charge < -0.3 is 25.4 Å². The molecule has 5 rings (SSSR count). The monoisotopic (exact) mass is 506 g/mol. The summed E-state index contributed by atoms with van der Waals surface area (Å²) >= 11 is 0. The van der Waals surface area contributed by atoms with Crippen molar-refractivity contribution in [1.82, 2.24) is 25.1 Å². The van der Waals surface area contributed by atoms with Gasteiger partial charge in [0.1, 0.15) is 23.4 Å². The lowest BCUT2D eigenvalue weighted by Crippen LogP contribution is -2.52. The van der Waals surface area contributed by atoms with Crippen LogP contribution in [0.5, 0.6) is 11.5 Å². The van der Waals surface area contributed by atoms with Crippen LogP contribution in [0.25, 0.3) is 10.9 Å². The highest BCUT2D eigenvalue weighted by molar-refractivity contribution is 5.94. The number of aliphatic hydroxyl groups is 1. The average molecular weight is 507 g/mol. The number of aromatic nitrogens is 2. The van der Waals surface area contributed by atoms with Gasteiger partial charge >= 0.3 is 12.1 Å². The van der Waals surface area contributed by atoms with Crippen LogP contribution in [0.2, 0.25) is 0 Å². The zero-order chi connectivity index (χ0) is 25.8. The van der Waals surface area contributed by atoms with E-state index in [1.54, 1.807) is 33.9 Å². The molecule has 1 aliphatic carbocycles. The Balaban J connectivity index is 1.20. The summed E-state index contributed by atoms with van der Waals surface area (Å²) in [6, 6.07) is 8.92. The number of nitrogens with zero attached hydrogens (tertiary/aromatic N) is 3. The molecule has 1 aliphatic heterocycles. The van der Waals surface area contributed by atoms with Crippen molar-refractivity contribution in [2.24, 2.45) is 0 Å². The van der Waals surface area contributed by atoms with Crippen molar-refractivity contribution in [1.29, 1.82) is 0 Å². The Morgan fingerprint density at radius 1 is 1.05 bits per heavy atom. The highest BCUT2D eigenvalue weighted by atomic mass is 16.5. The van der Waals surface area contributed by atoms with Crippen molar-refractivity contribution < 1.29 is 24.2 Å². The van der Waals surface area contributed by atoms with E-state index < -0.39 is 18.7 Å². The summed E-state index contributed by atoms with van der Waals surface area (Å²) in [5.41, 5.74) is 0.775. The Hall–Kier alpha value is -4.12. The zero-order valence-electron chi connectivity index (χ0n) is 20.4. The first kappa shape index (κ1) is 24.6. The number of hydrogen-bond donors (Lipinski definition) is 4. The molecule has 2 aromatic heterocycles. The van der Waals surface area contributed by atoms with Gasteiger partial charge in [0.05, 0.1) is 12.1 Å². The van der Waals surface area contributed by atoms with E-state index in [0.29, 0.717) is 24.6 Å². The molecule has 3 aromatic rings. The maximum Gasteiger partial charge on any atom is 0.326 e. The molecule has 2 aliphatic rings. The van der Waals surface area contributed by atoms with Crippen LogP contribution in [0, 0.1) is 0 Å². The average Bonchev–Trinajstić information content (AvgIpc) is 3.62. The lowest BCUT2D eigenvalue weighted by molar-refractivity contribution is -0.135. The molecule has 11 nitrogen and oxygen atoms in total. The summed E-state index contributed by atoms with van der Waals surface area (Å²) in [5, 5.41) is 18.6. The number of carbonyl (C=O) groups is 3. The molecular formula is C26H30N6O5. The number of pyridine rings is 1. The number of anilines is 1. The minimum Gasteiger partial charge on any atom is -0.457 e. The van der Waals surface area contributed by atoms with Crippen molar-refractivity contribution in [3.05, 3.63) is 48.8 Å². The maximum absolute atomic E-state index is 12.6. The molecule has 0 spiro atoms. The van der Waals surface area contributed by atoms with E-state index in [4.69, 9.17) is 4.74 Å². The summed E-state index contributed by atoms with van der Waals surface area (Å²) in [4.78, 5) is 43.3. The van der Waals surface area contributed by atoms with Crippen LogP contribution >= 0.6 is 0 Å². The standard InChI is InChI=1S/C26H30N6O5/c33-16-21(24(34)31-11-2-1-3-12-31)29-25(35)30-23-15-20(8-10-27-23)37-19-6-7-22-17(14-19)9-13-32(22)26(36)28-18-4-5-18/h6-10,13-15,18,21,33H,1-5,11-12,16H2,(H,28,36)(H2,27,29,30,35)/t21-/m0/s1. The van der Waals surface area contributed by atoms with Crippen LogP contribution in [0.4, 0.5) is 15.4 Å². The summed E-state index contributed by atoms with van der Waals surface area (Å²) in [7, 11) is 0. The smallest absolute Gasteiger partial charge is 0.326 e. The fourth-order valence-electron chi connectivity index (χ4n) is 4.34. The summed E-state index contributed by atoms with van der Waals surface area (Å²) < 4.78 is 7.53. The first-order valence-electron chi connectivity index (χ1n) is 12.5. The summed E-state index contributed by atoms with van der Waals surface area (Å²) in [6.07, 6.45) is 8.17. The molecule has 37 heavy (non-hydrogen) atoms. The molecule has 4 amide bonds. The summed E-state index contributed by atoms with van der Waals surface area (Å²) in [6.45, 7) is 0.763. The van der Waals surface area contributed by atoms with E-state index in [2.05, 4.69) is 20.9 Å². The molecule has 0 unspecified atom stereocenters. The number of carbonyl (C=O) groups excluding carboxylic acids is 3. The molecule has 1 saturated heterocycles. The number of benzene rings is 1. The SMILES string of the molecule is O=C(Nc1cc(Oc2ccc3c(ccn3C(=O)NC3CC3)c2)ccn1)N[C@@H](CO)C(=O)N1CCCCC1. The van der Waals surface area contributed by atoms with Gasteiger partial charge in [-0.15, -0.1) is 0 Å². The minimum atomic E-state index is -1.03. The molecule has 0 bridgehead atoms. The quantitative estimate of drug-likeness (QED) is 0.389. The van der Waals surface area contributed by atoms with Crippen LogP contribution in [-0.4, -0.2) is 69.3 Å². The number of fused-ring (bicyclic) bond motifs is 1. The number of hydrogen-bond acceptors (Lipinski definition) is 6. The first-order chi connectivity index (χ1) is 18.0. The lowest BCUT2D eigenvalue weighted by Gasteiger charge is -2.30. The third-order valence-electron chi connectivity index (χ3n) is 6.45. The molecule has 194 valence electrons. The highest BCUT2D eigenvalue weighted by Gasteiger charge is 2.27. The van der Waals surface area contributed by atoms with E-state index >= 15 is 0 Å². The third-order valence-corrected chi connectivity index (χ3v) is 6.45. The Kier molecular flexibility index (Phi) is 7.22. The first-order valence-corrected chi connectivity index (χ1v) is 12.5. The molecule has 1 aromatic carbocycles. The second-order valence-electron chi connectivity index (χ2n) is 9.33. The molecule has 0 radical (unpaired) electrons. The van der Waals surface area contributed by atoms with Gasteiger partial charge in [-0.3, -0.25) is 14.7 Å². The number of ether oxygens (including phenoxy) is 1. The molecular weight excluding hydrogens is 476 g/mol. The fourth-order valence-corrected chi connectivity index (χ4v) is 4.34. The van der Waals surface area contributed by atoms with Crippen LogP contribution < -0.4 is 20.7 Å². The van der Waals surface area contributed by atoms with Crippen molar-refractivity contribution in [3.63, 3.8) is 0 Å². The minimum absolute atomic E-state index is 0.143. The number of likely N-dealkylation sites (tertiary alicyclic amines) is 1. The van der Waals surface area contributed by atoms with E-state index in [1.807, 2.05) is 18.2 Å². The fraction of sp³-hybridized carbons (Fsp3) is 0.385. The number of piperidine rings is 1. The number of urea groups is 1. The van der Waals surface area contributed by atoms with Gasteiger partial charge in [0.25, 0.3) is 0 Å². The van der Waals surface area contributed by atoms with Gasteiger partial charge in [0, 0.05) is 43.0 Å². The van der Waals surface area contributed by atoms with Gasteiger partial charge in [-0.1, -0.05) is 0 Å². The third kappa shape index (κ3) is 6.00. The summed E-state index contributed by atoms with van der Waals surface area (Å²) in [5.74, 6) is 0.929. The molecule has 4 N–H and O–H groups in total. The molecule has 1 atom stereocenters. The topological polar surface area (TPSA) is 138 Å². The predicted octanol–water partition coefficient (Wildman–Crippen LogP) is 3.04. The van der Waals surface area contributed by atoms with Crippen LogP contribution in [0.1, 0.15) is 32.1 Å². The van der Waals surface area contributed by atoms with Gasteiger partial charge in [-0.05, 0) is 62.4 Å². The van der Waals surface area contributed by atoms with Gasteiger partial charge in [-0.2, -0.15) is 0 Å². The second-order valence-corrected chi connectivity index (χ2v) is 9.33. The molecule has 2 fully saturated rings. The predicted molar refractivity (Wildman–Crippen MR) is 137 cm³/mol. The van der Waals surface area contributed by atoms with Crippen molar-refractivity contribution in [2.45, 2.75) is 44.2 Å². The highest BCUT2D eigenvalue weighted by Crippen LogP contribution is 2.28. The van der Waals surface area contributed by atoms with E-state index in [9.17, 15) is 19.5 Å². The van der Waals surface area contributed by atoms with Crippen molar-refractivity contribution >= 4 is 34.7 Å². The molecule has 11 heteroatoms. The number of aliphatic hydroxyl groups excluding tert-OH is 1. The number of amides is 4. The van der Waals surface area contributed by atoms with E-state index in [-0.39, 0.29) is 23.8 Å². The van der Waals surface area contributed by atoms with Crippen LogP contribution in [-0.2, 0) is 4.79 Å². The van der Waals surface area contributed by atoms with Crippen LogP contribution in [0.3, 0.4) is 0 Å². The molecule has 3 heterocycles. The second kappa shape index (κ2) is 10.9. The van der Waals surface area contributed by atoms with Crippen LogP contribution in [0.15, 0.2) is 48.8 Å². The molecule has 1 saturated carbocycles. The van der Waals surface area contributed by atoms with Gasteiger partial charge in [-0.25, -0.2) is 14.6 Å². The number of nitrogens with one attached hydrogen (secondary N) is 3. The Labute approximate surface area is 213 Å². The van der Waals surface area contributed by atoms with E-state index in [1.165, 1.54) is 6.20 Å². The Morgan fingerprint density at radius 3 is 2.59 bits per heavy atom. The maximum atomic E-state index is 12.6. The van der Waals surface area contributed by atoms with Crippen molar-refractivity contribution in [2.75, 3.05) is 25.0 Å². The number of rotatable bonds is 7. The van der Waals surface area contributed by atoms with E-state index in [0.717, 1.165) is 43.0 Å². The Bertz CT molecular complexity index is 1300. The Morgan fingerprint density at radius 2 is 1.84 bits per heavy atom. The largest absolute Gasteiger partial charge is 0.457 e. The lowest BCUT2D eigenvalue weighted by atomic mass is 10.1. The van der Waals surface area contributed by atoms with Gasteiger partial charge in [0.15, 0.2) is 0 Å². The van der Waals surface area contributed by atoms with Crippen molar-refractivity contribution in [3.8, 4) is 11.5 Å². The normalized spacial score (nSPS) is 16.2. The zero-order valence-corrected chi connectivity index (χ0v) is 20.4.